The zero-order valence-electron chi connectivity index (χ0n) is 17.7. The normalized spacial score (nSPS) is 11.3. The van der Waals surface area contributed by atoms with Gasteiger partial charge < -0.3 is 20.9 Å². The summed E-state index contributed by atoms with van der Waals surface area (Å²) in [7, 11) is 0. The van der Waals surface area contributed by atoms with E-state index in [2.05, 4.69) is 5.32 Å². The molecule has 0 spiro atoms. The lowest BCUT2D eigenvalue weighted by molar-refractivity contribution is -0.139. The average Bonchev–Trinajstić information content (AvgIpc) is 2.83. The van der Waals surface area contributed by atoms with Crippen LogP contribution < -0.4 is 15.8 Å². The van der Waals surface area contributed by atoms with Crippen molar-refractivity contribution in [3.63, 3.8) is 0 Å². The van der Waals surface area contributed by atoms with E-state index in [1.165, 1.54) is 24.3 Å². The predicted octanol–water partition coefficient (Wildman–Crippen LogP) is 2.66. The molecule has 3 rings (SSSR count). The van der Waals surface area contributed by atoms with Gasteiger partial charge in [0.2, 0.25) is 0 Å². The Bertz CT molecular complexity index is 1140. The number of benzene rings is 3. The molecule has 168 valence electrons. The van der Waals surface area contributed by atoms with Gasteiger partial charge in [0.15, 0.2) is 12.4 Å². The standard InChI is InChI=1S/C25H23N3O5/c26-24(27)18-6-8-19(9-7-18)25(32)28-21(14-16-4-2-1-3-5-16)23(31)17-10-12-20(13-11-17)33-15-22(29)30/h1-13,21H,14-15H2,(H3,26,27)(H,28,32)(H,29,30)/t21-/m0/s1. The molecule has 0 bridgehead atoms. The number of Topliss-reactive ketones (excluding diaryl/α,β-unsaturated/α-hetero) is 1. The van der Waals surface area contributed by atoms with Crippen LogP contribution in [-0.4, -0.2) is 41.3 Å². The molecule has 5 N–H and O–H groups in total. The van der Waals surface area contributed by atoms with Gasteiger partial charge in [-0.25, -0.2) is 4.79 Å². The third kappa shape index (κ3) is 6.51. The van der Waals surface area contributed by atoms with Crippen molar-refractivity contribution in [1.82, 2.24) is 5.32 Å². The fourth-order valence-electron chi connectivity index (χ4n) is 3.16. The number of nitrogen functional groups attached to an aromatic ring is 1. The number of amides is 1. The summed E-state index contributed by atoms with van der Waals surface area (Å²) >= 11 is 0. The third-order valence-electron chi connectivity index (χ3n) is 4.86. The lowest BCUT2D eigenvalue weighted by Crippen LogP contribution is -2.42. The van der Waals surface area contributed by atoms with Crippen molar-refractivity contribution in [2.45, 2.75) is 12.5 Å². The van der Waals surface area contributed by atoms with Crippen LogP contribution in [0.5, 0.6) is 5.75 Å². The topological polar surface area (TPSA) is 143 Å². The van der Waals surface area contributed by atoms with Gasteiger partial charge in [0, 0.05) is 23.1 Å². The molecule has 0 saturated heterocycles. The van der Waals surface area contributed by atoms with E-state index in [0.717, 1.165) is 5.56 Å². The Hall–Kier alpha value is -4.46. The highest BCUT2D eigenvalue weighted by Gasteiger charge is 2.23. The fraction of sp³-hybridized carbons (Fsp3) is 0.120. The number of nitrogens with two attached hydrogens (primary N) is 1. The molecule has 33 heavy (non-hydrogen) atoms. The number of ketones is 1. The number of amidine groups is 1. The molecule has 0 radical (unpaired) electrons. The SMILES string of the molecule is N=C(N)c1ccc(C(=O)N[C@@H](Cc2ccccc2)C(=O)c2ccc(OCC(=O)O)cc2)cc1. The van der Waals surface area contributed by atoms with Crippen LogP contribution in [0.2, 0.25) is 0 Å². The van der Waals surface area contributed by atoms with Crippen molar-refractivity contribution >= 4 is 23.5 Å². The number of carboxylic acids is 1. The van der Waals surface area contributed by atoms with E-state index in [1.807, 2.05) is 30.3 Å². The Morgan fingerprint density at radius 3 is 2.03 bits per heavy atom. The summed E-state index contributed by atoms with van der Waals surface area (Å²) in [5.41, 5.74) is 7.52. The Morgan fingerprint density at radius 1 is 0.879 bits per heavy atom. The molecule has 8 nitrogen and oxygen atoms in total. The minimum Gasteiger partial charge on any atom is -0.482 e. The number of rotatable bonds is 10. The number of ether oxygens (including phenoxy) is 1. The molecule has 0 saturated carbocycles. The van der Waals surface area contributed by atoms with Crippen LogP contribution >= 0.6 is 0 Å². The summed E-state index contributed by atoms with van der Waals surface area (Å²) in [6, 6.07) is 20.8. The van der Waals surface area contributed by atoms with Crippen LogP contribution in [0.3, 0.4) is 0 Å². The molecule has 1 amide bonds. The van der Waals surface area contributed by atoms with Gasteiger partial charge in [-0.3, -0.25) is 15.0 Å². The van der Waals surface area contributed by atoms with Crippen LogP contribution in [0.1, 0.15) is 31.8 Å². The quantitative estimate of drug-likeness (QED) is 0.215. The van der Waals surface area contributed by atoms with Gasteiger partial charge in [0.1, 0.15) is 11.6 Å². The van der Waals surface area contributed by atoms with Gasteiger partial charge in [-0.1, -0.05) is 42.5 Å². The molecular weight excluding hydrogens is 422 g/mol. The molecule has 0 unspecified atom stereocenters. The molecule has 0 aliphatic heterocycles. The second kappa shape index (κ2) is 10.7. The fourth-order valence-corrected chi connectivity index (χ4v) is 3.16. The molecule has 0 aliphatic rings. The van der Waals surface area contributed by atoms with Gasteiger partial charge in [-0.15, -0.1) is 0 Å². The van der Waals surface area contributed by atoms with E-state index in [-0.39, 0.29) is 18.0 Å². The van der Waals surface area contributed by atoms with E-state index < -0.39 is 24.5 Å². The van der Waals surface area contributed by atoms with E-state index in [4.69, 9.17) is 21.0 Å². The Balaban J connectivity index is 1.79. The van der Waals surface area contributed by atoms with Gasteiger partial charge in [-0.2, -0.15) is 0 Å². The number of hydrogen-bond acceptors (Lipinski definition) is 5. The van der Waals surface area contributed by atoms with Crippen LogP contribution in [0.25, 0.3) is 0 Å². The Morgan fingerprint density at radius 2 is 1.45 bits per heavy atom. The number of hydrogen-bond donors (Lipinski definition) is 4. The monoisotopic (exact) mass is 445 g/mol. The lowest BCUT2D eigenvalue weighted by atomic mass is 9.97. The molecule has 8 heteroatoms. The molecule has 0 aromatic heterocycles. The second-order valence-electron chi connectivity index (χ2n) is 7.28. The predicted molar refractivity (Wildman–Crippen MR) is 123 cm³/mol. The van der Waals surface area contributed by atoms with Gasteiger partial charge in [0.25, 0.3) is 5.91 Å². The zero-order valence-corrected chi connectivity index (χ0v) is 17.7. The van der Waals surface area contributed by atoms with Crippen LogP contribution in [0.15, 0.2) is 78.9 Å². The van der Waals surface area contributed by atoms with Gasteiger partial charge in [-0.05, 0) is 42.0 Å². The third-order valence-corrected chi connectivity index (χ3v) is 4.86. The molecule has 0 heterocycles. The highest BCUT2D eigenvalue weighted by molar-refractivity contribution is 6.05. The largest absolute Gasteiger partial charge is 0.482 e. The van der Waals surface area contributed by atoms with Crippen molar-refractivity contribution in [2.75, 3.05) is 6.61 Å². The first-order valence-corrected chi connectivity index (χ1v) is 10.1. The number of carbonyl (C=O) groups excluding carboxylic acids is 2. The molecule has 0 fully saturated rings. The summed E-state index contributed by atoms with van der Waals surface area (Å²) in [5, 5.41) is 19.0. The maximum atomic E-state index is 13.2. The highest BCUT2D eigenvalue weighted by Crippen LogP contribution is 2.16. The minimum atomic E-state index is -1.10. The molecule has 1 atom stereocenters. The molecular formula is C25H23N3O5. The molecule has 0 aliphatic carbocycles. The number of aliphatic carboxylic acids is 1. The van der Waals surface area contributed by atoms with E-state index in [1.54, 1.807) is 24.3 Å². The second-order valence-corrected chi connectivity index (χ2v) is 7.28. The summed E-state index contributed by atoms with van der Waals surface area (Å²) in [5.74, 6) is -1.60. The number of carbonyl (C=O) groups is 3. The highest BCUT2D eigenvalue weighted by atomic mass is 16.5. The van der Waals surface area contributed by atoms with Crippen LogP contribution in [-0.2, 0) is 11.2 Å². The maximum Gasteiger partial charge on any atom is 0.341 e. The van der Waals surface area contributed by atoms with Crippen LogP contribution in [0.4, 0.5) is 0 Å². The van der Waals surface area contributed by atoms with E-state index in [9.17, 15) is 14.4 Å². The first-order chi connectivity index (χ1) is 15.8. The maximum absolute atomic E-state index is 13.2. The summed E-state index contributed by atoms with van der Waals surface area (Å²) < 4.78 is 5.10. The van der Waals surface area contributed by atoms with Crippen molar-refractivity contribution in [1.29, 1.82) is 5.41 Å². The Kier molecular flexibility index (Phi) is 7.54. The van der Waals surface area contributed by atoms with Crippen molar-refractivity contribution in [3.05, 3.63) is 101 Å². The molecule has 3 aromatic carbocycles. The first-order valence-electron chi connectivity index (χ1n) is 10.1. The van der Waals surface area contributed by atoms with Crippen molar-refractivity contribution < 1.29 is 24.2 Å². The van der Waals surface area contributed by atoms with Gasteiger partial charge >= 0.3 is 5.97 Å². The zero-order chi connectivity index (χ0) is 23.8. The Labute approximate surface area is 190 Å². The minimum absolute atomic E-state index is 0.102. The summed E-state index contributed by atoms with van der Waals surface area (Å²) in [4.78, 5) is 36.7. The van der Waals surface area contributed by atoms with E-state index in [0.29, 0.717) is 22.4 Å². The van der Waals surface area contributed by atoms with E-state index >= 15 is 0 Å². The first kappa shape index (κ1) is 23.2. The summed E-state index contributed by atoms with van der Waals surface area (Å²) in [6.45, 7) is -0.484. The lowest BCUT2D eigenvalue weighted by Gasteiger charge is -2.18. The molecule has 3 aromatic rings. The smallest absolute Gasteiger partial charge is 0.341 e. The van der Waals surface area contributed by atoms with Gasteiger partial charge in [0.05, 0.1) is 6.04 Å². The number of carboxylic acid groups (broad SMARTS) is 1. The average molecular weight is 445 g/mol. The number of nitrogens with one attached hydrogen (secondary N) is 2. The van der Waals surface area contributed by atoms with Crippen molar-refractivity contribution in [2.24, 2.45) is 5.73 Å². The summed E-state index contributed by atoms with van der Waals surface area (Å²) in [6.07, 6.45) is 0.286. The van der Waals surface area contributed by atoms with Crippen LogP contribution in [0, 0.1) is 5.41 Å². The van der Waals surface area contributed by atoms with Crippen molar-refractivity contribution in [3.8, 4) is 5.75 Å².